The van der Waals surface area contributed by atoms with Gasteiger partial charge in [0.15, 0.2) is 11.5 Å². The molecule has 8 heteroatoms. The van der Waals surface area contributed by atoms with Crippen LogP contribution in [0.4, 0.5) is 0 Å². The summed E-state index contributed by atoms with van der Waals surface area (Å²) >= 11 is 0. The number of carbonyl (C=O) groups excluding carboxylic acids is 4. The lowest BCUT2D eigenvalue weighted by atomic mass is 10.1. The molecule has 0 aliphatic heterocycles. The second kappa shape index (κ2) is 10.8. The number of esters is 4. The van der Waals surface area contributed by atoms with Gasteiger partial charge in [-0.3, -0.25) is 14.4 Å². The van der Waals surface area contributed by atoms with Crippen LogP contribution in [0.1, 0.15) is 31.9 Å². The second-order valence-electron chi connectivity index (χ2n) is 6.36. The molecule has 2 aromatic rings. The molecule has 0 heterocycles. The molecule has 0 aliphatic rings. The molecule has 8 nitrogen and oxygen atoms in total. The van der Waals surface area contributed by atoms with Crippen molar-refractivity contribution in [2.24, 2.45) is 0 Å². The van der Waals surface area contributed by atoms with E-state index in [9.17, 15) is 19.2 Å². The van der Waals surface area contributed by atoms with Crippen LogP contribution in [0.5, 0.6) is 11.5 Å². The van der Waals surface area contributed by atoms with E-state index in [1.165, 1.54) is 32.9 Å². The number of hydrogen-bond donors (Lipinski definition) is 0. The summed E-state index contributed by atoms with van der Waals surface area (Å²) in [5.74, 6) is -2.50. The summed E-state index contributed by atoms with van der Waals surface area (Å²) in [6, 6.07) is 13.5. The van der Waals surface area contributed by atoms with Crippen molar-refractivity contribution < 1.29 is 38.1 Å². The largest absolute Gasteiger partial charge is 0.458 e. The maximum atomic E-state index is 12.5. The van der Waals surface area contributed by atoms with E-state index >= 15 is 0 Å². The fourth-order valence-electron chi connectivity index (χ4n) is 2.56. The smallest absolute Gasteiger partial charge is 0.348 e. The van der Waals surface area contributed by atoms with Gasteiger partial charge in [0.05, 0.1) is 0 Å². The third-order valence-electron chi connectivity index (χ3n) is 3.73. The van der Waals surface area contributed by atoms with Crippen LogP contribution < -0.4 is 9.47 Å². The van der Waals surface area contributed by atoms with Crippen LogP contribution in [0.3, 0.4) is 0 Å². The Morgan fingerprint density at radius 1 is 0.767 bits per heavy atom. The van der Waals surface area contributed by atoms with E-state index in [0.29, 0.717) is 5.56 Å². The summed E-state index contributed by atoms with van der Waals surface area (Å²) in [6.07, 6.45) is -1.22. The van der Waals surface area contributed by atoms with Crippen molar-refractivity contribution in [1.29, 1.82) is 0 Å². The number of ether oxygens (including phenoxy) is 4. The summed E-state index contributed by atoms with van der Waals surface area (Å²) in [5, 5.41) is 0. The lowest BCUT2D eigenvalue weighted by Gasteiger charge is -2.17. The summed E-state index contributed by atoms with van der Waals surface area (Å²) in [4.78, 5) is 46.5. The second-order valence-corrected chi connectivity index (χ2v) is 6.36. The van der Waals surface area contributed by atoms with Crippen molar-refractivity contribution in [3.63, 3.8) is 0 Å². The van der Waals surface area contributed by atoms with Gasteiger partial charge < -0.3 is 18.9 Å². The van der Waals surface area contributed by atoms with Crippen LogP contribution in [0, 0.1) is 0 Å². The highest BCUT2D eigenvalue weighted by atomic mass is 16.6. The maximum absolute atomic E-state index is 12.5. The zero-order chi connectivity index (χ0) is 22.1. The molecule has 1 atom stereocenters. The van der Waals surface area contributed by atoms with Gasteiger partial charge in [0.25, 0.3) is 0 Å². The minimum absolute atomic E-state index is 0.00873. The number of hydrogen-bond acceptors (Lipinski definition) is 8. The highest BCUT2D eigenvalue weighted by Gasteiger charge is 2.25. The van der Waals surface area contributed by atoms with Gasteiger partial charge in [0.1, 0.15) is 6.61 Å². The van der Waals surface area contributed by atoms with Gasteiger partial charge in [0, 0.05) is 27.2 Å². The van der Waals surface area contributed by atoms with Gasteiger partial charge in [-0.15, -0.1) is 0 Å². The van der Waals surface area contributed by atoms with Crippen molar-refractivity contribution in [2.45, 2.75) is 39.9 Å². The predicted octanol–water partition coefficient (Wildman–Crippen LogP) is 2.75. The van der Waals surface area contributed by atoms with Crippen LogP contribution in [-0.2, 0) is 41.7 Å². The standard InChI is InChI=1S/C22H22O8/c1-14(23)28-19-10-9-18(11-20(19)29-15(2)24)12-21(30-16(3)25)22(26)27-13-17-7-5-4-6-8-17/h4-11,21H,12-13H2,1-3H3/t21-/m1/s1. The van der Waals surface area contributed by atoms with Gasteiger partial charge in [-0.25, -0.2) is 4.79 Å². The maximum Gasteiger partial charge on any atom is 0.348 e. The molecule has 158 valence electrons. The number of benzene rings is 2. The van der Waals surface area contributed by atoms with E-state index in [1.807, 2.05) is 18.2 Å². The van der Waals surface area contributed by atoms with Gasteiger partial charge >= 0.3 is 23.9 Å². The van der Waals surface area contributed by atoms with Gasteiger partial charge in [-0.2, -0.15) is 0 Å². The van der Waals surface area contributed by atoms with Crippen molar-refractivity contribution in [1.82, 2.24) is 0 Å². The molecule has 0 N–H and O–H groups in total. The number of carbonyl (C=O) groups is 4. The highest BCUT2D eigenvalue weighted by Crippen LogP contribution is 2.29. The van der Waals surface area contributed by atoms with Crippen LogP contribution in [0.15, 0.2) is 48.5 Å². The first-order valence-electron chi connectivity index (χ1n) is 9.12. The molecule has 30 heavy (non-hydrogen) atoms. The first kappa shape index (κ1) is 22.6. The van der Waals surface area contributed by atoms with Gasteiger partial charge in [-0.05, 0) is 23.3 Å². The predicted molar refractivity (Wildman–Crippen MR) is 105 cm³/mol. The van der Waals surface area contributed by atoms with Crippen molar-refractivity contribution in [2.75, 3.05) is 0 Å². The van der Waals surface area contributed by atoms with E-state index in [1.54, 1.807) is 18.2 Å². The zero-order valence-corrected chi connectivity index (χ0v) is 16.9. The monoisotopic (exact) mass is 414 g/mol. The van der Waals surface area contributed by atoms with Crippen molar-refractivity contribution >= 4 is 23.9 Å². The van der Waals surface area contributed by atoms with E-state index in [-0.39, 0.29) is 24.5 Å². The fourth-order valence-corrected chi connectivity index (χ4v) is 2.56. The summed E-state index contributed by atoms with van der Waals surface area (Å²) in [7, 11) is 0. The topological polar surface area (TPSA) is 105 Å². The van der Waals surface area contributed by atoms with Crippen LogP contribution in [0.25, 0.3) is 0 Å². The summed E-state index contributed by atoms with van der Waals surface area (Å²) < 4.78 is 20.5. The molecule has 2 aromatic carbocycles. The molecule has 0 spiro atoms. The first-order chi connectivity index (χ1) is 14.2. The molecule has 0 aliphatic carbocycles. The lowest BCUT2D eigenvalue weighted by molar-refractivity contribution is -0.167. The van der Waals surface area contributed by atoms with Crippen LogP contribution >= 0.6 is 0 Å². The van der Waals surface area contributed by atoms with Crippen LogP contribution in [0.2, 0.25) is 0 Å². The molecule has 0 radical (unpaired) electrons. The Morgan fingerprint density at radius 3 is 2.00 bits per heavy atom. The molecule has 2 rings (SSSR count). The zero-order valence-electron chi connectivity index (χ0n) is 16.9. The molecule has 0 saturated carbocycles. The Labute approximate surface area is 173 Å². The van der Waals surface area contributed by atoms with E-state index < -0.39 is 30.0 Å². The Morgan fingerprint density at radius 2 is 1.40 bits per heavy atom. The minimum Gasteiger partial charge on any atom is -0.458 e. The molecular formula is C22H22O8. The lowest BCUT2D eigenvalue weighted by Crippen LogP contribution is -2.30. The van der Waals surface area contributed by atoms with Crippen LogP contribution in [-0.4, -0.2) is 30.0 Å². The highest BCUT2D eigenvalue weighted by molar-refractivity contribution is 5.79. The molecule has 0 unspecified atom stereocenters. The van der Waals surface area contributed by atoms with E-state index in [0.717, 1.165) is 5.56 Å². The Hall–Kier alpha value is -3.68. The molecule has 0 amide bonds. The normalized spacial score (nSPS) is 11.2. The third kappa shape index (κ3) is 7.38. The Kier molecular flexibility index (Phi) is 8.10. The Bertz CT molecular complexity index is 920. The average Bonchev–Trinajstić information content (AvgIpc) is 2.67. The molecular weight excluding hydrogens is 392 g/mol. The molecule has 0 saturated heterocycles. The average molecular weight is 414 g/mol. The van der Waals surface area contributed by atoms with E-state index in [4.69, 9.17) is 18.9 Å². The minimum atomic E-state index is -1.20. The van der Waals surface area contributed by atoms with E-state index in [2.05, 4.69) is 0 Å². The van der Waals surface area contributed by atoms with Crippen molar-refractivity contribution in [3.8, 4) is 11.5 Å². The molecule has 0 aromatic heterocycles. The van der Waals surface area contributed by atoms with Gasteiger partial charge in [0.2, 0.25) is 6.10 Å². The number of rotatable bonds is 8. The molecule has 0 fully saturated rings. The quantitative estimate of drug-likeness (QED) is 0.480. The molecule has 0 bridgehead atoms. The van der Waals surface area contributed by atoms with Gasteiger partial charge in [-0.1, -0.05) is 36.4 Å². The summed E-state index contributed by atoms with van der Waals surface area (Å²) in [6.45, 7) is 3.63. The third-order valence-corrected chi connectivity index (χ3v) is 3.73. The summed E-state index contributed by atoms with van der Waals surface area (Å²) in [5.41, 5.74) is 1.29. The first-order valence-corrected chi connectivity index (χ1v) is 9.12. The Balaban J connectivity index is 2.17. The SMILES string of the molecule is CC(=O)Oc1ccc(C[C@@H](OC(C)=O)C(=O)OCc2ccccc2)cc1OC(C)=O. The fraction of sp³-hybridized carbons (Fsp3) is 0.273. The van der Waals surface area contributed by atoms with Crippen molar-refractivity contribution in [3.05, 3.63) is 59.7 Å².